The Morgan fingerprint density at radius 1 is 1.24 bits per heavy atom. The van der Waals surface area contributed by atoms with Crippen LogP contribution in [0.15, 0.2) is 39.5 Å². The molecule has 0 radical (unpaired) electrons. The number of halogens is 1. The van der Waals surface area contributed by atoms with Gasteiger partial charge in [-0.3, -0.25) is 4.79 Å². The molecule has 0 fully saturated rings. The Morgan fingerprint density at radius 2 is 1.86 bits per heavy atom. The summed E-state index contributed by atoms with van der Waals surface area (Å²) in [5.41, 5.74) is 3.26. The molecule has 0 spiro atoms. The second-order valence-electron chi connectivity index (χ2n) is 6.21. The predicted octanol–water partition coefficient (Wildman–Crippen LogP) is 5.30. The van der Waals surface area contributed by atoms with Gasteiger partial charge in [0.15, 0.2) is 0 Å². The van der Waals surface area contributed by atoms with E-state index in [0.717, 1.165) is 9.35 Å². The minimum Gasteiger partial charge on any atom is -0.345 e. The van der Waals surface area contributed by atoms with Crippen LogP contribution in [0, 0.1) is 0 Å². The minimum absolute atomic E-state index is 0.00908. The number of benzene rings is 1. The van der Waals surface area contributed by atoms with Crippen LogP contribution in [0.1, 0.15) is 55.2 Å². The maximum absolute atomic E-state index is 12.1. The minimum atomic E-state index is -0.0376. The van der Waals surface area contributed by atoms with E-state index in [1.54, 1.807) is 0 Å². The molecule has 4 heteroatoms. The van der Waals surface area contributed by atoms with Gasteiger partial charge in [0, 0.05) is 5.38 Å². The average molecular weight is 366 g/mol. The Morgan fingerprint density at radius 3 is 2.33 bits per heavy atom. The van der Waals surface area contributed by atoms with Crippen molar-refractivity contribution in [1.82, 2.24) is 5.32 Å². The summed E-state index contributed by atoms with van der Waals surface area (Å²) in [7, 11) is 0. The van der Waals surface area contributed by atoms with Gasteiger partial charge in [0.2, 0.25) is 0 Å². The van der Waals surface area contributed by atoms with E-state index in [9.17, 15) is 4.79 Å². The lowest BCUT2D eigenvalue weighted by atomic mass is 9.86. The zero-order valence-electron chi connectivity index (χ0n) is 12.7. The molecule has 0 bridgehead atoms. The number of thiophene rings is 1. The molecule has 0 aliphatic rings. The highest BCUT2D eigenvalue weighted by molar-refractivity contribution is 9.11. The maximum Gasteiger partial charge on any atom is 0.252 e. The molecular weight excluding hydrogens is 346 g/mol. The van der Waals surface area contributed by atoms with Crippen molar-refractivity contribution in [3.8, 4) is 0 Å². The van der Waals surface area contributed by atoms with Crippen molar-refractivity contribution in [2.75, 3.05) is 0 Å². The van der Waals surface area contributed by atoms with Crippen molar-refractivity contribution in [3.05, 3.63) is 56.2 Å². The fraction of sp³-hybridized carbons (Fsp3) is 0.353. The third-order valence-corrected chi connectivity index (χ3v) is 4.96. The van der Waals surface area contributed by atoms with Crippen molar-refractivity contribution in [2.24, 2.45) is 0 Å². The summed E-state index contributed by atoms with van der Waals surface area (Å²) in [5, 5.41) is 4.89. The molecule has 1 N–H and O–H groups in total. The van der Waals surface area contributed by atoms with Crippen LogP contribution < -0.4 is 5.32 Å². The first-order chi connectivity index (χ1) is 9.77. The molecule has 2 aromatic rings. The Balaban J connectivity index is 2.06. The summed E-state index contributed by atoms with van der Waals surface area (Å²) < 4.78 is 0.967. The maximum atomic E-state index is 12.1. The molecule has 1 unspecified atom stereocenters. The molecule has 1 heterocycles. The highest BCUT2D eigenvalue weighted by Gasteiger charge is 2.15. The Bertz CT molecular complexity index is 625. The van der Waals surface area contributed by atoms with Gasteiger partial charge in [-0.25, -0.2) is 0 Å². The summed E-state index contributed by atoms with van der Waals surface area (Å²) >= 11 is 4.89. The third-order valence-electron chi connectivity index (χ3n) is 3.45. The zero-order chi connectivity index (χ0) is 15.6. The number of hydrogen-bond donors (Lipinski definition) is 1. The van der Waals surface area contributed by atoms with Gasteiger partial charge in [0.25, 0.3) is 5.91 Å². The van der Waals surface area contributed by atoms with Crippen LogP contribution in [0.25, 0.3) is 0 Å². The summed E-state index contributed by atoms with van der Waals surface area (Å²) in [5.74, 6) is -0.0376. The van der Waals surface area contributed by atoms with Crippen molar-refractivity contribution in [3.63, 3.8) is 0 Å². The lowest BCUT2D eigenvalue weighted by Gasteiger charge is -2.20. The summed E-state index contributed by atoms with van der Waals surface area (Å²) in [6, 6.07) is 10.3. The first kappa shape index (κ1) is 16.2. The van der Waals surface area contributed by atoms with Gasteiger partial charge in [-0.15, -0.1) is 11.3 Å². The SMILES string of the molecule is CC(NC(=O)c1csc(Br)c1)c1ccc(C(C)(C)C)cc1. The Labute approximate surface area is 138 Å². The van der Waals surface area contributed by atoms with E-state index in [1.807, 2.05) is 18.4 Å². The van der Waals surface area contributed by atoms with Gasteiger partial charge in [-0.2, -0.15) is 0 Å². The smallest absolute Gasteiger partial charge is 0.252 e. The van der Waals surface area contributed by atoms with Gasteiger partial charge in [0.05, 0.1) is 15.4 Å². The Kier molecular flexibility index (Phi) is 4.89. The molecule has 0 saturated carbocycles. The average Bonchev–Trinajstić information content (AvgIpc) is 2.84. The molecule has 0 aliphatic carbocycles. The van der Waals surface area contributed by atoms with Crippen LogP contribution in [0.5, 0.6) is 0 Å². The molecule has 112 valence electrons. The number of hydrogen-bond acceptors (Lipinski definition) is 2. The number of carbonyl (C=O) groups is 1. The predicted molar refractivity (Wildman–Crippen MR) is 93.0 cm³/mol. The molecule has 1 amide bonds. The van der Waals surface area contributed by atoms with E-state index in [0.29, 0.717) is 5.56 Å². The van der Waals surface area contributed by atoms with Gasteiger partial charge >= 0.3 is 0 Å². The van der Waals surface area contributed by atoms with Crippen LogP contribution in [-0.2, 0) is 5.41 Å². The zero-order valence-corrected chi connectivity index (χ0v) is 15.1. The quantitative estimate of drug-likeness (QED) is 0.785. The van der Waals surface area contributed by atoms with E-state index in [4.69, 9.17) is 0 Å². The van der Waals surface area contributed by atoms with Gasteiger partial charge in [0.1, 0.15) is 0 Å². The molecule has 0 aliphatic heterocycles. The summed E-state index contributed by atoms with van der Waals surface area (Å²) in [4.78, 5) is 12.1. The van der Waals surface area contributed by atoms with Gasteiger partial charge in [-0.1, -0.05) is 45.0 Å². The molecule has 1 atom stereocenters. The third kappa shape index (κ3) is 4.17. The fourth-order valence-electron chi connectivity index (χ4n) is 2.06. The van der Waals surface area contributed by atoms with Gasteiger partial charge < -0.3 is 5.32 Å². The molecule has 2 rings (SSSR count). The van der Waals surface area contributed by atoms with Crippen molar-refractivity contribution in [1.29, 1.82) is 0 Å². The van der Waals surface area contributed by atoms with Crippen LogP contribution in [0.4, 0.5) is 0 Å². The molecule has 21 heavy (non-hydrogen) atoms. The topological polar surface area (TPSA) is 29.1 Å². The van der Waals surface area contributed by atoms with Crippen molar-refractivity contribution < 1.29 is 4.79 Å². The van der Waals surface area contributed by atoms with Crippen molar-refractivity contribution in [2.45, 2.75) is 39.2 Å². The number of nitrogens with one attached hydrogen (secondary N) is 1. The van der Waals surface area contributed by atoms with Gasteiger partial charge in [-0.05, 0) is 45.5 Å². The standard InChI is InChI=1S/C17H20BrNOS/c1-11(19-16(20)13-9-15(18)21-10-13)12-5-7-14(8-6-12)17(2,3)4/h5-11H,1-4H3,(H,19,20). The molecule has 2 nitrogen and oxygen atoms in total. The van der Waals surface area contributed by atoms with E-state index < -0.39 is 0 Å². The van der Waals surface area contributed by atoms with Crippen LogP contribution in [-0.4, -0.2) is 5.91 Å². The van der Waals surface area contributed by atoms with Crippen LogP contribution >= 0.6 is 27.3 Å². The van der Waals surface area contributed by atoms with E-state index in [-0.39, 0.29) is 17.4 Å². The number of amides is 1. The molecule has 1 aromatic carbocycles. The highest BCUT2D eigenvalue weighted by Crippen LogP contribution is 2.24. The largest absolute Gasteiger partial charge is 0.345 e. The Hall–Kier alpha value is -1.13. The van der Waals surface area contributed by atoms with Crippen LogP contribution in [0.3, 0.4) is 0 Å². The monoisotopic (exact) mass is 365 g/mol. The lowest BCUT2D eigenvalue weighted by molar-refractivity contribution is 0.0940. The number of rotatable bonds is 3. The second kappa shape index (κ2) is 6.32. The normalized spacial score (nSPS) is 13.0. The molecular formula is C17H20BrNOS. The lowest BCUT2D eigenvalue weighted by Crippen LogP contribution is -2.26. The highest BCUT2D eigenvalue weighted by atomic mass is 79.9. The number of carbonyl (C=O) groups excluding carboxylic acids is 1. The molecule has 0 saturated heterocycles. The van der Waals surface area contributed by atoms with Crippen LogP contribution in [0.2, 0.25) is 0 Å². The summed E-state index contributed by atoms with van der Waals surface area (Å²) in [6.07, 6.45) is 0. The second-order valence-corrected chi connectivity index (χ2v) is 8.50. The van der Waals surface area contributed by atoms with E-state index >= 15 is 0 Å². The molecule has 1 aromatic heterocycles. The first-order valence-electron chi connectivity index (χ1n) is 6.93. The fourth-order valence-corrected chi connectivity index (χ4v) is 3.20. The van der Waals surface area contributed by atoms with Crippen molar-refractivity contribution >= 4 is 33.2 Å². The first-order valence-corrected chi connectivity index (χ1v) is 8.60. The van der Waals surface area contributed by atoms with E-state index in [1.165, 1.54) is 16.9 Å². The van der Waals surface area contributed by atoms with E-state index in [2.05, 4.69) is 66.3 Å². The summed E-state index contributed by atoms with van der Waals surface area (Å²) in [6.45, 7) is 8.59.